The molecule has 0 aromatic heterocycles. The average molecular weight is 277 g/mol. The Bertz CT molecular complexity index is 279. The Balaban J connectivity index is 2.82. The summed E-state index contributed by atoms with van der Waals surface area (Å²) < 4.78 is 0.861. The molecule has 0 spiro atoms. The molecule has 0 saturated carbocycles. The largest absolute Gasteiger partial charge is 0.0872 e. The minimum atomic E-state index is 0.755. The lowest BCUT2D eigenvalue weighted by molar-refractivity contribution is 1.64. The van der Waals surface area contributed by atoms with Gasteiger partial charge in [-0.25, -0.2) is 0 Å². The fourth-order valence-corrected chi connectivity index (χ4v) is 0.985. The van der Waals surface area contributed by atoms with Crippen LogP contribution in [0, 0.1) is 11.8 Å². The normalized spacial score (nSPS) is 8.55. The highest BCUT2D eigenvalue weighted by atomic mass is 127. The van der Waals surface area contributed by atoms with Gasteiger partial charge in [0.05, 0.1) is 4.43 Å². The fourth-order valence-electron chi connectivity index (χ4n) is 0.669. The van der Waals surface area contributed by atoms with Crippen LogP contribution in [0.15, 0.2) is 24.3 Å². The van der Waals surface area contributed by atoms with Crippen molar-refractivity contribution in [2.24, 2.45) is 0 Å². The van der Waals surface area contributed by atoms with E-state index in [2.05, 4.69) is 34.4 Å². The van der Waals surface area contributed by atoms with Crippen LogP contribution in [0.3, 0.4) is 0 Å². The molecule has 11 heavy (non-hydrogen) atoms. The second-order valence-electron chi connectivity index (χ2n) is 1.94. The Morgan fingerprint density at radius 3 is 2.45 bits per heavy atom. The van der Waals surface area contributed by atoms with Gasteiger partial charge in [-0.3, -0.25) is 0 Å². The predicted molar refractivity (Wildman–Crippen MR) is 57.2 cm³/mol. The highest BCUT2D eigenvalue weighted by Crippen LogP contribution is 2.08. The number of hydrogen-bond acceptors (Lipinski definition) is 0. The van der Waals surface area contributed by atoms with Crippen molar-refractivity contribution in [1.29, 1.82) is 0 Å². The Kier molecular flexibility index (Phi) is 3.74. The van der Waals surface area contributed by atoms with Crippen molar-refractivity contribution < 1.29 is 0 Å². The quantitative estimate of drug-likeness (QED) is 0.388. The maximum atomic E-state index is 5.70. The maximum Gasteiger partial charge on any atom is 0.0613 e. The van der Waals surface area contributed by atoms with Crippen LogP contribution in [-0.2, 0) is 0 Å². The molecule has 0 aliphatic rings. The molecule has 0 heterocycles. The van der Waals surface area contributed by atoms with E-state index in [1.807, 2.05) is 24.3 Å². The third-order valence-electron chi connectivity index (χ3n) is 1.14. The molecule has 0 nitrogen and oxygen atoms in total. The average Bonchev–Trinajstić information content (AvgIpc) is 2.04. The molecule has 56 valence electrons. The van der Waals surface area contributed by atoms with E-state index in [-0.39, 0.29) is 0 Å². The van der Waals surface area contributed by atoms with Crippen LogP contribution in [0.4, 0.5) is 0 Å². The van der Waals surface area contributed by atoms with E-state index in [1.165, 1.54) is 0 Å². The molecule has 0 aliphatic carbocycles. The van der Waals surface area contributed by atoms with Crippen molar-refractivity contribution in [3.05, 3.63) is 34.9 Å². The third-order valence-corrected chi connectivity index (χ3v) is 1.78. The number of halogens is 2. The molecule has 0 unspecified atom stereocenters. The van der Waals surface area contributed by atoms with E-state index in [1.54, 1.807) is 0 Å². The molecule has 1 rings (SSSR count). The SMILES string of the molecule is Clc1ccc(C#CCI)cc1. The van der Waals surface area contributed by atoms with Gasteiger partial charge in [0.25, 0.3) is 0 Å². The summed E-state index contributed by atoms with van der Waals surface area (Å²) in [6.45, 7) is 0. The lowest BCUT2D eigenvalue weighted by atomic mass is 10.2. The van der Waals surface area contributed by atoms with Gasteiger partial charge in [0.2, 0.25) is 0 Å². The van der Waals surface area contributed by atoms with E-state index >= 15 is 0 Å². The lowest BCUT2D eigenvalue weighted by Gasteiger charge is -1.88. The van der Waals surface area contributed by atoms with E-state index < -0.39 is 0 Å². The van der Waals surface area contributed by atoms with Crippen molar-refractivity contribution >= 4 is 34.2 Å². The number of rotatable bonds is 0. The van der Waals surface area contributed by atoms with Gasteiger partial charge in [0.15, 0.2) is 0 Å². The van der Waals surface area contributed by atoms with Crippen LogP contribution < -0.4 is 0 Å². The predicted octanol–water partition coefficient (Wildman–Crippen LogP) is 3.13. The second-order valence-corrected chi connectivity index (χ2v) is 3.14. The summed E-state index contributed by atoms with van der Waals surface area (Å²) in [5.41, 5.74) is 1.02. The first-order valence-electron chi connectivity index (χ1n) is 3.13. The van der Waals surface area contributed by atoms with Gasteiger partial charge in [-0.05, 0) is 24.3 Å². The van der Waals surface area contributed by atoms with Crippen LogP contribution in [0.2, 0.25) is 5.02 Å². The topological polar surface area (TPSA) is 0 Å². The molecule has 1 aromatic carbocycles. The lowest BCUT2D eigenvalue weighted by Crippen LogP contribution is -1.72. The summed E-state index contributed by atoms with van der Waals surface area (Å²) in [5, 5.41) is 0.755. The molecule has 1 aromatic rings. The maximum absolute atomic E-state index is 5.70. The molecule has 0 amide bonds. The van der Waals surface area contributed by atoms with Crippen LogP contribution >= 0.6 is 34.2 Å². The van der Waals surface area contributed by atoms with Crippen molar-refractivity contribution in [3.63, 3.8) is 0 Å². The minimum Gasteiger partial charge on any atom is -0.0872 e. The van der Waals surface area contributed by atoms with Crippen LogP contribution in [0.5, 0.6) is 0 Å². The summed E-state index contributed by atoms with van der Waals surface area (Å²) in [5.74, 6) is 5.98. The molecular weight excluding hydrogens is 270 g/mol. The van der Waals surface area contributed by atoms with E-state index in [4.69, 9.17) is 11.6 Å². The Morgan fingerprint density at radius 1 is 1.27 bits per heavy atom. The molecular formula is C9H6ClI. The van der Waals surface area contributed by atoms with Gasteiger partial charge in [0.1, 0.15) is 0 Å². The monoisotopic (exact) mass is 276 g/mol. The summed E-state index contributed by atoms with van der Waals surface area (Å²) in [6.07, 6.45) is 0. The molecule has 0 fully saturated rings. The highest BCUT2D eigenvalue weighted by molar-refractivity contribution is 14.1. The Morgan fingerprint density at radius 2 is 1.91 bits per heavy atom. The summed E-state index contributed by atoms with van der Waals surface area (Å²) in [7, 11) is 0. The first-order chi connectivity index (χ1) is 5.33. The molecule has 0 aliphatic heterocycles. The highest BCUT2D eigenvalue weighted by Gasteiger charge is 1.85. The van der Waals surface area contributed by atoms with Gasteiger partial charge in [0, 0.05) is 10.6 Å². The number of benzene rings is 1. The van der Waals surface area contributed by atoms with E-state index in [9.17, 15) is 0 Å². The first kappa shape index (κ1) is 8.89. The minimum absolute atomic E-state index is 0.755. The molecule has 0 atom stereocenters. The van der Waals surface area contributed by atoms with Crippen LogP contribution in [0.1, 0.15) is 5.56 Å². The van der Waals surface area contributed by atoms with Gasteiger partial charge in [-0.1, -0.05) is 46.0 Å². The van der Waals surface area contributed by atoms with Gasteiger partial charge in [-0.2, -0.15) is 0 Å². The molecule has 0 radical (unpaired) electrons. The summed E-state index contributed by atoms with van der Waals surface area (Å²) >= 11 is 7.92. The second kappa shape index (κ2) is 4.63. The molecule has 0 saturated heterocycles. The zero-order valence-corrected chi connectivity index (χ0v) is 8.69. The van der Waals surface area contributed by atoms with Crippen molar-refractivity contribution in [2.75, 3.05) is 4.43 Å². The molecule has 0 N–H and O–H groups in total. The van der Waals surface area contributed by atoms with Crippen molar-refractivity contribution in [3.8, 4) is 11.8 Å². The van der Waals surface area contributed by atoms with Crippen LogP contribution in [-0.4, -0.2) is 4.43 Å². The number of hydrogen-bond donors (Lipinski definition) is 0. The van der Waals surface area contributed by atoms with E-state index in [0.29, 0.717) is 0 Å². The molecule has 0 bridgehead atoms. The first-order valence-corrected chi connectivity index (χ1v) is 5.03. The summed E-state index contributed by atoms with van der Waals surface area (Å²) in [4.78, 5) is 0. The van der Waals surface area contributed by atoms with Gasteiger partial charge in [-0.15, -0.1) is 0 Å². The Labute approximate surface area is 85.1 Å². The third kappa shape index (κ3) is 3.13. The van der Waals surface area contributed by atoms with Crippen LogP contribution in [0.25, 0.3) is 0 Å². The fraction of sp³-hybridized carbons (Fsp3) is 0.111. The zero-order valence-electron chi connectivity index (χ0n) is 5.77. The summed E-state index contributed by atoms with van der Waals surface area (Å²) in [6, 6.07) is 7.53. The smallest absolute Gasteiger partial charge is 0.0613 e. The molecule has 2 heteroatoms. The van der Waals surface area contributed by atoms with Gasteiger partial charge >= 0.3 is 0 Å². The number of alkyl halides is 1. The van der Waals surface area contributed by atoms with E-state index in [0.717, 1.165) is 15.0 Å². The van der Waals surface area contributed by atoms with Gasteiger partial charge < -0.3 is 0 Å². The Hall–Kier alpha value is -0.200. The zero-order chi connectivity index (χ0) is 8.10. The standard InChI is InChI=1S/C9H6ClI/c10-9-5-3-8(4-6-9)2-1-7-11/h3-6H,7H2. The van der Waals surface area contributed by atoms with Crippen molar-refractivity contribution in [2.45, 2.75) is 0 Å². The van der Waals surface area contributed by atoms with Crippen molar-refractivity contribution in [1.82, 2.24) is 0 Å².